The Kier molecular flexibility index (Phi) is 5.68. The zero-order valence-electron chi connectivity index (χ0n) is 18.4. The number of hydrogen-bond donors (Lipinski definition) is 1. The maximum atomic E-state index is 10.4. The topological polar surface area (TPSA) is 57.2 Å². The largest absolute Gasteiger partial charge is 0.405 e. The van der Waals surface area contributed by atoms with Crippen LogP contribution in [0.4, 0.5) is 0 Å². The number of ether oxygens (including phenoxy) is 3. The normalized spacial score (nSPS) is 28.5. The van der Waals surface area contributed by atoms with E-state index in [1.165, 1.54) is 10.4 Å². The van der Waals surface area contributed by atoms with Gasteiger partial charge in [-0.25, -0.2) is 0 Å². The van der Waals surface area contributed by atoms with E-state index in [2.05, 4.69) is 69.3 Å². The Labute approximate surface area is 180 Å². The zero-order valence-corrected chi connectivity index (χ0v) is 19.4. The monoisotopic (exact) mass is 428 g/mol. The lowest BCUT2D eigenvalue weighted by Crippen LogP contribution is -2.67. The van der Waals surface area contributed by atoms with Gasteiger partial charge < -0.3 is 23.7 Å². The molecule has 0 saturated carbocycles. The Morgan fingerprint density at radius 2 is 1.40 bits per heavy atom. The smallest absolute Gasteiger partial charge is 0.261 e. The van der Waals surface area contributed by atoms with Crippen LogP contribution in [0.5, 0.6) is 0 Å². The first-order chi connectivity index (χ1) is 14.1. The van der Waals surface area contributed by atoms with E-state index in [1.54, 1.807) is 0 Å². The summed E-state index contributed by atoms with van der Waals surface area (Å²) >= 11 is 0. The highest BCUT2D eigenvalue weighted by Gasteiger charge is 2.56. The summed E-state index contributed by atoms with van der Waals surface area (Å²) in [7, 11) is -2.68. The van der Waals surface area contributed by atoms with E-state index in [9.17, 15) is 5.11 Å². The highest BCUT2D eigenvalue weighted by molar-refractivity contribution is 6.99. The average Bonchev–Trinajstić information content (AvgIpc) is 3.17. The van der Waals surface area contributed by atoms with Gasteiger partial charge in [0.15, 0.2) is 12.1 Å². The number of rotatable bonds is 5. The summed E-state index contributed by atoms with van der Waals surface area (Å²) in [6.45, 7) is 10.8. The summed E-state index contributed by atoms with van der Waals surface area (Å²) < 4.78 is 24.6. The van der Waals surface area contributed by atoms with Crippen LogP contribution in [-0.4, -0.2) is 50.4 Å². The molecule has 2 aromatic rings. The van der Waals surface area contributed by atoms with Crippen LogP contribution in [0.1, 0.15) is 34.6 Å². The molecule has 0 aliphatic carbocycles. The Hall–Kier alpha value is -1.54. The molecule has 0 aromatic heterocycles. The molecule has 162 valence electrons. The van der Waals surface area contributed by atoms with Gasteiger partial charge in [0.25, 0.3) is 8.32 Å². The van der Waals surface area contributed by atoms with Gasteiger partial charge in [-0.3, -0.25) is 0 Å². The molecule has 2 saturated heterocycles. The van der Waals surface area contributed by atoms with Crippen LogP contribution in [-0.2, 0) is 18.6 Å². The number of aliphatic hydroxyl groups excluding tert-OH is 1. The van der Waals surface area contributed by atoms with E-state index in [0.717, 1.165) is 0 Å². The highest BCUT2D eigenvalue weighted by Crippen LogP contribution is 2.40. The van der Waals surface area contributed by atoms with Gasteiger partial charge in [-0.2, -0.15) is 0 Å². The van der Waals surface area contributed by atoms with Gasteiger partial charge in [-0.1, -0.05) is 81.4 Å². The molecule has 4 rings (SSSR count). The second-order valence-corrected chi connectivity index (χ2v) is 13.9. The summed E-state index contributed by atoms with van der Waals surface area (Å²) in [5.74, 6) is -0.740. The minimum absolute atomic E-state index is 0.126. The van der Waals surface area contributed by atoms with Gasteiger partial charge in [-0.15, -0.1) is 0 Å². The maximum absolute atomic E-state index is 10.4. The molecule has 5 nitrogen and oxygen atoms in total. The molecule has 0 radical (unpaired) electrons. The molecular formula is C24H32O5Si. The number of benzene rings is 2. The molecule has 2 aliphatic heterocycles. The van der Waals surface area contributed by atoms with E-state index in [-0.39, 0.29) is 11.1 Å². The third kappa shape index (κ3) is 3.77. The van der Waals surface area contributed by atoms with Gasteiger partial charge in [0, 0.05) is 0 Å². The Morgan fingerprint density at radius 3 is 1.90 bits per heavy atom. The van der Waals surface area contributed by atoms with Gasteiger partial charge >= 0.3 is 0 Å². The average molecular weight is 429 g/mol. The third-order valence-corrected chi connectivity index (χ3v) is 11.0. The second-order valence-electron chi connectivity index (χ2n) is 9.60. The van der Waals surface area contributed by atoms with Gasteiger partial charge in [0.2, 0.25) is 0 Å². The van der Waals surface area contributed by atoms with Crippen molar-refractivity contribution in [1.82, 2.24) is 0 Å². The number of hydrogen-bond acceptors (Lipinski definition) is 5. The molecule has 30 heavy (non-hydrogen) atoms. The van der Waals surface area contributed by atoms with Gasteiger partial charge in [0.05, 0.1) is 6.61 Å². The van der Waals surface area contributed by atoms with Crippen molar-refractivity contribution in [2.75, 3.05) is 6.61 Å². The van der Waals surface area contributed by atoms with Crippen LogP contribution in [0.2, 0.25) is 5.04 Å². The molecule has 1 N–H and O–H groups in total. The molecule has 0 amide bonds. The molecule has 2 aromatic carbocycles. The van der Waals surface area contributed by atoms with Crippen molar-refractivity contribution in [3.63, 3.8) is 0 Å². The van der Waals surface area contributed by atoms with E-state index in [4.69, 9.17) is 18.6 Å². The van der Waals surface area contributed by atoms with Crippen molar-refractivity contribution in [1.29, 1.82) is 0 Å². The van der Waals surface area contributed by atoms with Gasteiger partial charge in [0.1, 0.15) is 18.3 Å². The van der Waals surface area contributed by atoms with Gasteiger partial charge in [-0.05, 0) is 29.3 Å². The highest BCUT2D eigenvalue weighted by atomic mass is 28.4. The molecule has 6 heteroatoms. The first kappa shape index (κ1) is 21.7. The minimum atomic E-state index is -2.68. The number of aliphatic hydroxyl groups is 1. The lowest BCUT2D eigenvalue weighted by Gasteiger charge is -2.43. The van der Waals surface area contributed by atoms with Crippen LogP contribution in [0, 0.1) is 0 Å². The first-order valence-electron chi connectivity index (χ1n) is 10.6. The SMILES string of the molecule is CC1(C)O[C@@H]2[C@@H](CO[Si](c3ccccc3)(c3ccccc3)C(C)(C)C)OC(O)[C@@H]2O1. The predicted octanol–water partition coefficient (Wildman–Crippen LogP) is 2.80. The summed E-state index contributed by atoms with van der Waals surface area (Å²) in [6, 6.07) is 21.0. The lowest BCUT2D eigenvalue weighted by atomic mass is 10.1. The van der Waals surface area contributed by atoms with E-state index in [1.807, 2.05) is 26.0 Å². The quantitative estimate of drug-likeness (QED) is 0.742. The maximum Gasteiger partial charge on any atom is 0.261 e. The fraction of sp³-hybridized carbons (Fsp3) is 0.500. The Bertz CT molecular complexity index is 809. The molecule has 0 spiro atoms. The molecule has 2 fully saturated rings. The standard InChI is InChI=1S/C24H32O5Si/c1-23(2,3)30(17-12-8-6-9-13-17,18-14-10-7-11-15-18)26-16-19-20-21(22(25)27-19)29-24(4,5)28-20/h6-15,19-22,25H,16H2,1-5H3/t19-,20-,21-,22?/m1/s1. The van der Waals surface area contributed by atoms with Crippen molar-refractivity contribution >= 4 is 18.7 Å². The van der Waals surface area contributed by atoms with E-state index < -0.39 is 32.6 Å². The summed E-state index contributed by atoms with van der Waals surface area (Å²) in [4.78, 5) is 0. The van der Waals surface area contributed by atoms with Crippen LogP contribution in [0.25, 0.3) is 0 Å². The summed E-state index contributed by atoms with van der Waals surface area (Å²) in [6.07, 6.45) is -2.25. The van der Waals surface area contributed by atoms with Crippen molar-refractivity contribution in [2.45, 2.75) is 70.0 Å². The Balaban J connectivity index is 1.69. The third-order valence-electron chi connectivity index (χ3n) is 6.01. The fourth-order valence-corrected chi connectivity index (χ4v) is 9.33. The molecular weight excluding hydrogens is 396 g/mol. The van der Waals surface area contributed by atoms with Crippen LogP contribution in [0.3, 0.4) is 0 Å². The first-order valence-corrected chi connectivity index (χ1v) is 12.5. The Morgan fingerprint density at radius 1 is 0.900 bits per heavy atom. The minimum Gasteiger partial charge on any atom is -0.405 e. The second kappa shape index (κ2) is 7.86. The van der Waals surface area contributed by atoms with Crippen LogP contribution >= 0.6 is 0 Å². The van der Waals surface area contributed by atoms with Crippen molar-refractivity contribution < 1.29 is 23.7 Å². The molecule has 2 heterocycles. The van der Waals surface area contributed by atoms with Crippen molar-refractivity contribution in [2.24, 2.45) is 0 Å². The molecule has 0 bridgehead atoms. The van der Waals surface area contributed by atoms with E-state index >= 15 is 0 Å². The van der Waals surface area contributed by atoms with E-state index in [0.29, 0.717) is 6.61 Å². The van der Waals surface area contributed by atoms with Crippen LogP contribution in [0.15, 0.2) is 60.7 Å². The fourth-order valence-electron chi connectivity index (χ4n) is 4.76. The van der Waals surface area contributed by atoms with Crippen molar-refractivity contribution in [3.8, 4) is 0 Å². The summed E-state index contributed by atoms with van der Waals surface area (Å²) in [5.41, 5.74) is 0. The van der Waals surface area contributed by atoms with Crippen LogP contribution < -0.4 is 10.4 Å². The summed E-state index contributed by atoms with van der Waals surface area (Å²) in [5, 5.41) is 12.6. The molecule has 1 unspecified atom stereocenters. The zero-order chi connectivity index (χ0) is 21.6. The molecule has 4 atom stereocenters. The van der Waals surface area contributed by atoms with Crippen molar-refractivity contribution in [3.05, 3.63) is 60.7 Å². The lowest BCUT2D eigenvalue weighted by molar-refractivity contribution is -0.222. The number of fused-ring (bicyclic) bond motifs is 1. The molecule has 2 aliphatic rings. The predicted molar refractivity (Wildman–Crippen MR) is 118 cm³/mol.